The molecule has 2 aromatic carbocycles. The van der Waals surface area contributed by atoms with Crippen molar-refractivity contribution in [2.75, 3.05) is 24.5 Å². The van der Waals surface area contributed by atoms with Gasteiger partial charge in [0.25, 0.3) is 0 Å². The number of piperazine rings is 1. The molecule has 1 aliphatic rings. The number of ether oxygens (including phenoxy) is 1. The molecule has 0 unspecified atom stereocenters. The lowest BCUT2D eigenvalue weighted by atomic mass is 10.2. The molecular formula is C29H30F4N8O3. The number of nitrogens with zero attached hydrogens (tertiary/aromatic N) is 7. The highest BCUT2D eigenvalue weighted by Crippen LogP contribution is 2.27. The zero-order chi connectivity index (χ0) is 30.7. The second-order valence-electron chi connectivity index (χ2n) is 10.2. The third kappa shape index (κ3) is 7.39. The number of carboxylic acid groups (broad SMARTS) is 1. The summed E-state index contributed by atoms with van der Waals surface area (Å²) in [5.41, 5.74) is 1.81. The first-order chi connectivity index (χ1) is 20.5. The van der Waals surface area contributed by atoms with Crippen molar-refractivity contribution in [3.63, 3.8) is 0 Å². The highest BCUT2D eigenvalue weighted by Gasteiger charge is 2.30. The number of carboxylic acids is 1. The molecule has 11 nitrogen and oxygen atoms in total. The van der Waals surface area contributed by atoms with Crippen molar-refractivity contribution in [2.45, 2.75) is 45.3 Å². The van der Waals surface area contributed by atoms with Crippen LogP contribution in [0.4, 0.5) is 29.1 Å². The molecule has 15 heteroatoms. The maximum Gasteiger partial charge on any atom is 0.390 e. The third-order valence-corrected chi connectivity index (χ3v) is 7.23. The zero-order valence-electron chi connectivity index (χ0n) is 24.0. The van der Waals surface area contributed by atoms with Gasteiger partial charge in [-0.15, -0.1) is 0 Å². The molecule has 4 N–H and O–H groups in total. The maximum absolute atomic E-state index is 14.8. The molecule has 232 valence electrons. The van der Waals surface area contributed by atoms with E-state index in [4.69, 9.17) is 11.3 Å². The van der Waals surface area contributed by atoms with E-state index < -0.39 is 30.9 Å². The molecule has 3 heterocycles. The van der Waals surface area contributed by atoms with Gasteiger partial charge in [0.2, 0.25) is 0 Å². The molecule has 4 aromatic rings. The number of benzene rings is 2. The summed E-state index contributed by atoms with van der Waals surface area (Å²) in [4.78, 5) is 31.2. The molecule has 1 aliphatic heterocycles. The number of quaternary nitrogens is 1. The Bertz CT molecular complexity index is 1670. The standard InChI is InChI=1S/C29H27F4N7O3.H3N/c1-18-15-39(26-22(30)14-35-28(37-26)43-17-19-3-6-21(34-2)7-4-19)12-11-38(18)16-25-36-23-8-5-20(27(41)42)13-24(23)40(25)10-9-29(31,32)33;/h3-8,13-14,18H,9-12,15-17H2,1H3,(H,41,42);1H3/t18-;/m0./s1. The Morgan fingerprint density at radius 2 is 1.91 bits per heavy atom. The number of fused-ring (bicyclic) bond motifs is 1. The predicted molar refractivity (Wildman–Crippen MR) is 152 cm³/mol. The Kier molecular flexibility index (Phi) is 9.65. The number of aromatic nitrogens is 4. The van der Waals surface area contributed by atoms with Crippen molar-refractivity contribution in [1.29, 1.82) is 0 Å². The average Bonchev–Trinajstić information content (AvgIpc) is 3.32. The number of hydrogen-bond donors (Lipinski definition) is 1. The van der Waals surface area contributed by atoms with Crippen LogP contribution in [0.15, 0.2) is 48.7 Å². The number of carbonyl (C=O) groups excluding carboxylic acids is 1. The van der Waals surface area contributed by atoms with Gasteiger partial charge in [0.1, 0.15) is 12.4 Å². The van der Waals surface area contributed by atoms with Crippen LogP contribution in [-0.4, -0.2) is 62.2 Å². The van der Waals surface area contributed by atoms with Crippen molar-refractivity contribution in [3.8, 4) is 6.01 Å². The van der Waals surface area contributed by atoms with Gasteiger partial charge < -0.3 is 30.3 Å². The Morgan fingerprint density at radius 1 is 1.16 bits per heavy atom. The van der Waals surface area contributed by atoms with E-state index >= 15 is 0 Å². The van der Waals surface area contributed by atoms with Crippen LogP contribution >= 0.6 is 0 Å². The number of rotatable bonds is 9. The van der Waals surface area contributed by atoms with Crippen molar-refractivity contribution >= 4 is 28.5 Å². The smallest absolute Gasteiger partial charge is 0.390 e. The van der Waals surface area contributed by atoms with Crippen LogP contribution in [0.2, 0.25) is 0 Å². The van der Waals surface area contributed by atoms with Gasteiger partial charge >= 0.3 is 12.2 Å². The van der Waals surface area contributed by atoms with Gasteiger partial charge in [-0.05, 0) is 30.2 Å². The van der Waals surface area contributed by atoms with Crippen LogP contribution in [0.25, 0.3) is 15.9 Å². The fraction of sp³-hybridized carbons (Fsp3) is 0.345. The van der Waals surface area contributed by atoms with Gasteiger partial charge in [-0.2, -0.15) is 18.2 Å². The van der Waals surface area contributed by atoms with Crippen molar-refractivity contribution in [3.05, 3.63) is 82.8 Å². The van der Waals surface area contributed by atoms with Crippen molar-refractivity contribution in [2.24, 2.45) is 0 Å². The number of imidazole rings is 1. The number of carbonyl (C=O) groups is 1. The monoisotopic (exact) mass is 614 g/mol. The maximum atomic E-state index is 14.8. The topological polar surface area (TPSA) is 140 Å². The summed E-state index contributed by atoms with van der Waals surface area (Å²) >= 11 is 0. The van der Waals surface area contributed by atoms with E-state index in [-0.39, 0.29) is 48.3 Å². The summed E-state index contributed by atoms with van der Waals surface area (Å²) in [6.07, 6.45) is -4.47. The quantitative estimate of drug-likeness (QED) is 0.215. The molecule has 0 radical (unpaired) electrons. The van der Waals surface area contributed by atoms with Crippen LogP contribution in [0, 0.1) is 12.4 Å². The molecular weight excluding hydrogens is 584 g/mol. The highest BCUT2D eigenvalue weighted by atomic mass is 19.4. The number of aryl methyl sites for hydroxylation is 1. The summed E-state index contributed by atoms with van der Waals surface area (Å²) in [5, 5.41) is 11.4. The SMILES string of the molecule is [C-]#[N+]c1ccc(COc2ncc(F)c(N3CCN(Cc4nc5ccc(C(=O)[O-])cc5n4CCC(F)(F)F)[C@@H](C)C3)n2)cc1.[NH4+]. The normalized spacial score (nSPS) is 15.5. The van der Waals surface area contributed by atoms with Gasteiger partial charge in [0, 0.05) is 32.2 Å². The van der Waals surface area contributed by atoms with Crippen LogP contribution in [0.3, 0.4) is 0 Å². The molecule has 1 saturated heterocycles. The van der Waals surface area contributed by atoms with E-state index in [1.165, 1.54) is 22.8 Å². The van der Waals surface area contributed by atoms with Crippen molar-refractivity contribution < 1.29 is 32.2 Å². The first kappa shape index (κ1) is 32.1. The van der Waals surface area contributed by atoms with Crippen LogP contribution < -0.4 is 20.9 Å². The largest absolute Gasteiger partial charge is 0.545 e. The summed E-state index contributed by atoms with van der Waals surface area (Å²) < 4.78 is 61.2. The Balaban J connectivity index is 0.00000442. The summed E-state index contributed by atoms with van der Waals surface area (Å²) in [7, 11) is 0. The van der Waals surface area contributed by atoms with Crippen LogP contribution in [-0.2, 0) is 19.7 Å². The van der Waals surface area contributed by atoms with Gasteiger partial charge in [-0.1, -0.05) is 30.3 Å². The van der Waals surface area contributed by atoms with Gasteiger partial charge in [-0.25, -0.2) is 19.2 Å². The third-order valence-electron chi connectivity index (χ3n) is 7.23. The summed E-state index contributed by atoms with van der Waals surface area (Å²) in [5.74, 6) is -1.61. The highest BCUT2D eigenvalue weighted by molar-refractivity contribution is 5.91. The molecule has 2 aromatic heterocycles. The molecule has 44 heavy (non-hydrogen) atoms. The van der Waals surface area contributed by atoms with E-state index in [1.54, 1.807) is 29.2 Å². The summed E-state index contributed by atoms with van der Waals surface area (Å²) in [6.45, 7) is 10.0. The fourth-order valence-corrected chi connectivity index (χ4v) is 4.96. The minimum atomic E-state index is -4.41. The lowest BCUT2D eigenvalue weighted by molar-refractivity contribution is -0.255. The molecule has 0 aliphatic carbocycles. The number of aromatic carboxylic acids is 1. The van der Waals surface area contributed by atoms with Gasteiger partial charge in [0.05, 0.1) is 42.7 Å². The molecule has 0 saturated carbocycles. The first-order valence-corrected chi connectivity index (χ1v) is 13.4. The van der Waals surface area contributed by atoms with Crippen molar-refractivity contribution in [1.82, 2.24) is 30.6 Å². The van der Waals surface area contributed by atoms with E-state index in [0.717, 1.165) is 11.8 Å². The average molecular weight is 615 g/mol. The summed E-state index contributed by atoms with van der Waals surface area (Å²) in [6, 6.07) is 10.7. The first-order valence-electron chi connectivity index (χ1n) is 13.4. The fourth-order valence-electron chi connectivity index (χ4n) is 4.96. The molecule has 5 rings (SSSR count). The van der Waals surface area contributed by atoms with Gasteiger partial charge in [0.15, 0.2) is 17.3 Å². The lowest BCUT2D eigenvalue weighted by Gasteiger charge is -2.40. The van der Waals surface area contributed by atoms with Gasteiger partial charge in [-0.3, -0.25) is 4.90 Å². The Hall–Kier alpha value is -4.81. The molecule has 0 bridgehead atoms. The molecule has 0 amide bonds. The zero-order valence-corrected chi connectivity index (χ0v) is 24.0. The minimum Gasteiger partial charge on any atom is -0.545 e. The van der Waals surface area contributed by atoms with E-state index in [2.05, 4.69) is 19.8 Å². The minimum absolute atomic E-state index is 0. The van der Waals surface area contributed by atoms with Crippen LogP contribution in [0.1, 0.15) is 35.1 Å². The second kappa shape index (κ2) is 13.2. The van der Waals surface area contributed by atoms with E-state index in [0.29, 0.717) is 36.7 Å². The number of hydrogen-bond acceptors (Lipinski definition) is 8. The number of halogens is 4. The Morgan fingerprint density at radius 3 is 2.57 bits per heavy atom. The predicted octanol–water partition coefficient (Wildman–Crippen LogP) is 4.50. The number of anilines is 1. The van der Waals surface area contributed by atoms with Crippen LogP contribution in [0.5, 0.6) is 6.01 Å². The molecule has 1 fully saturated rings. The van der Waals surface area contributed by atoms with E-state index in [1.807, 2.05) is 11.8 Å². The second-order valence-corrected chi connectivity index (χ2v) is 10.2. The Labute approximate surface area is 250 Å². The molecule has 0 spiro atoms. The molecule has 1 atom stereocenters. The van der Waals surface area contributed by atoms with E-state index in [9.17, 15) is 27.5 Å². The lowest BCUT2D eigenvalue weighted by Crippen LogP contribution is -2.52. The number of alkyl halides is 3.